The number of nitrogen functional groups attached to an aromatic ring is 1. The first-order valence-electron chi connectivity index (χ1n) is 5.04. The molecule has 6 heteroatoms. The molecule has 3 N–H and O–H groups in total. The molecule has 0 aliphatic heterocycles. The van der Waals surface area contributed by atoms with E-state index in [0.717, 1.165) is 24.3 Å². The van der Waals surface area contributed by atoms with Crippen LogP contribution in [0.3, 0.4) is 0 Å². The molecule has 94 valence electrons. The fraction of sp³-hybridized carbons (Fsp3) is 0.364. The quantitative estimate of drug-likeness (QED) is 0.495. The number of thioether (sulfide) groups is 1. The second kappa shape index (κ2) is 5.44. The van der Waals surface area contributed by atoms with Crippen LogP contribution in [0.1, 0.15) is 24.5 Å². The van der Waals surface area contributed by atoms with Gasteiger partial charge in [0.15, 0.2) is 0 Å². The number of nitrogens with two attached hydrogens (primary N) is 1. The van der Waals surface area contributed by atoms with Crippen molar-refractivity contribution in [3.05, 3.63) is 29.3 Å². The molecule has 0 saturated heterocycles. The summed E-state index contributed by atoms with van der Waals surface area (Å²) in [7, 11) is 0. The zero-order valence-electron chi connectivity index (χ0n) is 9.27. The highest BCUT2D eigenvalue weighted by Gasteiger charge is 2.31. The Balaban J connectivity index is 3.13. The predicted molar refractivity (Wildman–Crippen MR) is 63.5 cm³/mol. The van der Waals surface area contributed by atoms with Gasteiger partial charge in [0.05, 0.1) is 5.56 Å². The SMILES string of the molecule is CCCSc1ccc(C(F)(F)F)cc1C(=N)N. The van der Waals surface area contributed by atoms with Crippen LogP contribution in [0.2, 0.25) is 0 Å². The number of hydrogen-bond acceptors (Lipinski definition) is 2. The van der Waals surface area contributed by atoms with Gasteiger partial charge in [-0.05, 0) is 30.4 Å². The molecule has 0 saturated carbocycles. The normalized spacial score (nSPS) is 11.5. The van der Waals surface area contributed by atoms with Crippen LogP contribution < -0.4 is 5.73 Å². The van der Waals surface area contributed by atoms with Crippen LogP contribution in [0, 0.1) is 5.41 Å². The van der Waals surface area contributed by atoms with Crippen LogP contribution in [0.5, 0.6) is 0 Å². The first kappa shape index (κ1) is 13.9. The van der Waals surface area contributed by atoms with Crippen LogP contribution >= 0.6 is 11.8 Å². The van der Waals surface area contributed by atoms with Crippen molar-refractivity contribution in [3.8, 4) is 0 Å². The Morgan fingerprint density at radius 2 is 2.06 bits per heavy atom. The van der Waals surface area contributed by atoms with Crippen molar-refractivity contribution in [3.63, 3.8) is 0 Å². The van der Waals surface area contributed by atoms with Crippen LogP contribution in [-0.2, 0) is 6.18 Å². The lowest BCUT2D eigenvalue weighted by Gasteiger charge is -2.12. The number of benzene rings is 1. The Hall–Kier alpha value is -1.17. The van der Waals surface area contributed by atoms with Gasteiger partial charge in [0.1, 0.15) is 5.84 Å². The van der Waals surface area contributed by atoms with Crippen LogP contribution in [0.15, 0.2) is 23.1 Å². The topological polar surface area (TPSA) is 49.9 Å². The minimum atomic E-state index is -4.40. The average molecular weight is 262 g/mol. The maximum absolute atomic E-state index is 12.5. The van der Waals surface area contributed by atoms with Gasteiger partial charge in [0.2, 0.25) is 0 Å². The van der Waals surface area contributed by atoms with Crippen LogP contribution in [0.4, 0.5) is 13.2 Å². The molecule has 0 aromatic heterocycles. The van der Waals surface area contributed by atoms with Crippen molar-refractivity contribution >= 4 is 17.6 Å². The minimum absolute atomic E-state index is 0.151. The van der Waals surface area contributed by atoms with Crippen molar-refractivity contribution in [2.45, 2.75) is 24.4 Å². The Morgan fingerprint density at radius 3 is 2.53 bits per heavy atom. The van der Waals surface area contributed by atoms with E-state index < -0.39 is 11.7 Å². The van der Waals surface area contributed by atoms with E-state index in [9.17, 15) is 13.2 Å². The zero-order chi connectivity index (χ0) is 13.1. The number of halogens is 3. The molecule has 0 atom stereocenters. The van der Waals surface area contributed by atoms with E-state index in [1.165, 1.54) is 17.8 Å². The maximum Gasteiger partial charge on any atom is 0.416 e. The maximum atomic E-state index is 12.5. The summed E-state index contributed by atoms with van der Waals surface area (Å²) in [4.78, 5) is 0.618. The molecule has 0 radical (unpaired) electrons. The molecular formula is C11H13F3N2S. The fourth-order valence-electron chi connectivity index (χ4n) is 1.25. The smallest absolute Gasteiger partial charge is 0.384 e. The minimum Gasteiger partial charge on any atom is -0.384 e. The number of nitrogens with one attached hydrogen (secondary N) is 1. The molecule has 1 aromatic carbocycles. The number of amidine groups is 1. The molecular weight excluding hydrogens is 249 g/mol. The summed E-state index contributed by atoms with van der Waals surface area (Å²) < 4.78 is 37.5. The summed E-state index contributed by atoms with van der Waals surface area (Å²) in [5.74, 6) is 0.445. The lowest BCUT2D eigenvalue weighted by molar-refractivity contribution is -0.137. The monoisotopic (exact) mass is 262 g/mol. The summed E-state index contributed by atoms with van der Waals surface area (Å²) in [6.45, 7) is 1.98. The average Bonchev–Trinajstić information content (AvgIpc) is 2.24. The Morgan fingerprint density at radius 1 is 1.41 bits per heavy atom. The van der Waals surface area contributed by atoms with Crippen molar-refractivity contribution < 1.29 is 13.2 Å². The third-order valence-electron chi connectivity index (χ3n) is 2.06. The highest BCUT2D eigenvalue weighted by Crippen LogP contribution is 2.33. The summed E-state index contributed by atoms with van der Waals surface area (Å²) in [6, 6.07) is 3.32. The van der Waals surface area contributed by atoms with Gasteiger partial charge in [-0.3, -0.25) is 5.41 Å². The standard InChI is InChI=1S/C11H13F3N2S/c1-2-5-17-9-4-3-7(11(12,13)14)6-8(9)10(15)16/h3-4,6H,2,5H2,1H3,(H3,15,16). The molecule has 0 unspecified atom stereocenters. The predicted octanol–water partition coefficient (Wildman–Crippen LogP) is 3.49. The van der Waals surface area contributed by atoms with E-state index in [2.05, 4.69) is 0 Å². The molecule has 0 aliphatic rings. The molecule has 0 spiro atoms. The van der Waals surface area contributed by atoms with E-state index in [0.29, 0.717) is 4.90 Å². The Labute approximate surface area is 102 Å². The summed E-state index contributed by atoms with van der Waals surface area (Å²) in [6.07, 6.45) is -3.50. The molecule has 17 heavy (non-hydrogen) atoms. The lowest BCUT2D eigenvalue weighted by atomic mass is 10.1. The second-order valence-corrected chi connectivity index (χ2v) is 4.61. The largest absolute Gasteiger partial charge is 0.416 e. The Kier molecular flexibility index (Phi) is 4.45. The van der Waals surface area contributed by atoms with E-state index >= 15 is 0 Å². The van der Waals surface area contributed by atoms with Gasteiger partial charge in [-0.1, -0.05) is 6.92 Å². The highest BCUT2D eigenvalue weighted by molar-refractivity contribution is 7.99. The highest BCUT2D eigenvalue weighted by atomic mass is 32.2. The second-order valence-electron chi connectivity index (χ2n) is 3.47. The molecule has 2 nitrogen and oxygen atoms in total. The molecule has 0 aliphatic carbocycles. The van der Waals surface area contributed by atoms with Gasteiger partial charge in [-0.2, -0.15) is 13.2 Å². The van der Waals surface area contributed by atoms with E-state index in [1.54, 1.807) is 0 Å². The Bertz CT molecular complexity index is 416. The van der Waals surface area contributed by atoms with Crippen LogP contribution in [0.25, 0.3) is 0 Å². The van der Waals surface area contributed by atoms with Crippen molar-refractivity contribution in [2.24, 2.45) is 5.73 Å². The van der Waals surface area contributed by atoms with Crippen molar-refractivity contribution in [1.29, 1.82) is 5.41 Å². The lowest BCUT2D eigenvalue weighted by Crippen LogP contribution is -2.15. The molecule has 0 fully saturated rings. The van der Waals surface area contributed by atoms with Crippen LogP contribution in [-0.4, -0.2) is 11.6 Å². The van der Waals surface area contributed by atoms with Gasteiger partial charge in [-0.25, -0.2) is 0 Å². The summed E-state index contributed by atoms with van der Waals surface area (Å²) >= 11 is 1.41. The van der Waals surface area contributed by atoms with E-state index in [-0.39, 0.29) is 11.4 Å². The first-order chi connectivity index (χ1) is 7.86. The third-order valence-corrected chi connectivity index (χ3v) is 3.34. The van der Waals surface area contributed by atoms with Crippen molar-refractivity contribution in [1.82, 2.24) is 0 Å². The molecule has 0 amide bonds. The number of hydrogen-bond donors (Lipinski definition) is 2. The fourth-order valence-corrected chi connectivity index (χ4v) is 2.17. The summed E-state index contributed by atoms with van der Waals surface area (Å²) in [5, 5.41) is 7.31. The number of rotatable bonds is 4. The molecule has 1 rings (SSSR count). The van der Waals surface area contributed by atoms with Gasteiger partial charge in [0.25, 0.3) is 0 Å². The van der Waals surface area contributed by atoms with Gasteiger partial charge in [-0.15, -0.1) is 11.8 Å². The van der Waals surface area contributed by atoms with Crippen molar-refractivity contribution in [2.75, 3.05) is 5.75 Å². The van der Waals surface area contributed by atoms with E-state index in [1.807, 2.05) is 6.92 Å². The molecule has 0 heterocycles. The number of alkyl halides is 3. The summed E-state index contributed by atoms with van der Waals surface area (Å²) in [5.41, 5.74) is 4.68. The zero-order valence-corrected chi connectivity index (χ0v) is 10.1. The first-order valence-corrected chi connectivity index (χ1v) is 6.03. The van der Waals surface area contributed by atoms with Gasteiger partial charge < -0.3 is 5.73 Å². The third kappa shape index (κ3) is 3.66. The van der Waals surface area contributed by atoms with Gasteiger partial charge >= 0.3 is 6.18 Å². The van der Waals surface area contributed by atoms with Gasteiger partial charge in [0, 0.05) is 10.5 Å². The molecule has 0 bridgehead atoms. The van der Waals surface area contributed by atoms with E-state index in [4.69, 9.17) is 11.1 Å². The molecule has 1 aromatic rings.